The minimum atomic E-state index is -0.996. The monoisotopic (exact) mass is 295 g/mol. The Kier molecular flexibility index (Phi) is 7.75. The fourth-order valence-electron chi connectivity index (χ4n) is 1.78. The molecule has 2 N–H and O–H groups in total. The van der Waals surface area contributed by atoms with Crippen LogP contribution < -0.4 is 0 Å². The van der Waals surface area contributed by atoms with E-state index in [1.807, 2.05) is 0 Å². The van der Waals surface area contributed by atoms with Gasteiger partial charge in [-0.2, -0.15) is 0 Å². The second-order valence-electron chi connectivity index (χ2n) is 4.57. The van der Waals surface area contributed by atoms with Crippen LogP contribution in [0.3, 0.4) is 0 Å². The summed E-state index contributed by atoms with van der Waals surface area (Å²) < 4.78 is 0. The number of carboxylic acid groups (broad SMARTS) is 2. The Morgan fingerprint density at radius 3 is 2.05 bits per heavy atom. The molecule has 1 fully saturated rings. The van der Waals surface area contributed by atoms with Gasteiger partial charge in [0.1, 0.15) is 0 Å². The Hall–Kier alpha value is -2.37. The number of carbonyl (C=O) groups is 3. The van der Waals surface area contributed by atoms with Crippen LogP contribution in [0.1, 0.15) is 13.3 Å². The first-order chi connectivity index (χ1) is 9.79. The van der Waals surface area contributed by atoms with E-state index in [0.717, 1.165) is 0 Å². The summed E-state index contributed by atoms with van der Waals surface area (Å²) in [4.78, 5) is 33.7. The van der Waals surface area contributed by atoms with E-state index in [9.17, 15) is 14.4 Å². The topological polar surface area (TPSA) is 94.9 Å². The zero-order chi connectivity index (χ0) is 16.6. The molecule has 0 spiro atoms. The maximum atomic E-state index is 11.6. The SMILES string of the molecule is C=CC(C(=O)O)C1CCN(C=C)C1=O.C=CC(C)C(=O)O. The second-order valence-corrected chi connectivity index (χ2v) is 4.57. The molecule has 116 valence electrons. The number of nitrogens with zero attached hydrogens (tertiary/aromatic N) is 1. The lowest BCUT2D eigenvalue weighted by Gasteiger charge is -2.14. The highest BCUT2D eigenvalue weighted by Crippen LogP contribution is 2.26. The van der Waals surface area contributed by atoms with Crippen LogP contribution in [0.2, 0.25) is 0 Å². The van der Waals surface area contributed by atoms with Crippen LogP contribution in [0.15, 0.2) is 38.1 Å². The van der Waals surface area contributed by atoms with Crippen molar-refractivity contribution in [3.63, 3.8) is 0 Å². The molecule has 21 heavy (non-hydrogen) atoms. The summed E-state index contributed by atoms with van der Waals surface area (Å²) in [7, 11) is 0. The van der Waals surface area contributed by atoms with Gasteiger partial charge in [0.25, 0.3) is 0 Å². The van der Waals surface area contributed by atoms with E-state index in [-0.39, 0.29) is 5.91 Å². The van der Waals surface area contributed by atoms with Gasteiger partial charge in [0, 0.05) is 6.54 Å². The molecule has 3 unspecified atom stereocenters. The predicted octanol–water partition coefficient (Wildman–Crippen LogP) is 1.76. The first-order valence-corrected chi connectivity index (χ1v) is 6.43. The van der Waals surface area contributed by atoms with Crippen molar-refractivity contribution in [1.82, 2.24) is 4.90 Å². The summed E-state index contributed by atoms with van der Waals surface area (Å²) in [6, 6.07) is 0. The number of amides is 1. The summed E-state index contributed by atoms with van der Waals surface area (Å²) in [6.07, 6.45) is 4.69. The molecule has 1 amide bonds. The Morgan fingerprint density at radius 2 is 1.81 bits per heavy atom. The van der Waals surface area contributed by atoms with E-state index in [0.29, 0.717) is 13.0 Å². The molecule has 0 aromatic rings. The van der Waals surface area contributed by atoms with Crippen LogP contribution in [0.25, 0.3) is 0 Å². The fourth-order valence-corrected chi connectivity index (χ4v) is 1.78. The quantitative estimate of drug-likeness (QED) is 0.728. The predicted molar refractivity (Wildman–Crippen MR) is 78.3 cm³/mol. The summed E-state index contributed by atoms with van der Waals surface area (Å²) in [5, 5.41) is 17.0. The van der Waals surface area contributed by atoms with Crippen molar-refractivity contribution in [1.29, 1.82) is 0 Å². The van der Waals surface area contributed by atoms with Gasteiger partial charge in [0.2, 0.25) is 5.91 Å². The van der Waals surface area contributed by atoms with Crippen molar-refractivity contribution in [2.75, 3.05) is 6.54 Å². The minimum Gasteiger partial charge on any atom is -0.481 e. The molecule has 0 aromatic carbocycles. The third-order valence-corrected chi connectivity index (χ3v) is 3.22. The van der Waals surface area contributed by atoms with E-state index in [1.54, 1.807) is 6.92 Å². The third kappa shape index (κ3) is 5.25. The minimum absolute atomic E-state index is 0.174. The number of likely N-dealkylation sites (tertiary alicyclic amines) is 1. The van der Waals surface area contributed by atoms with Crippen LogP contribution in [-0.2, 0) is 14.4 Å². The molecule has 1 saturated heterocycles. The fraction of sp³-hybridized carbons (Fsp3) is 0.400. The first-order valence-electron chi connectivity index (χ1n) is 6.43. The lowest BCUT2D eigenvalue weighted by atomic mass is 9.91. The molecule has 3 atom stereocenters. The average Bonchev–Trinajstić information content (AvgIpc) is 2.80. The number of carbonyl (C=O) groups excluding carboxylic acids is 1. The highest BCUT2D eigenvalue weighted by molar-refractivity contribution is 5.87. The number of hydrogen-bond donors (Lipinski definition) is 2. The molecule has 0 saturated carbocycles. The van der Waals surface area contributed by atoms with Crippen molar-refractivity contribution < 1.29 is 24.6 Å². The molecular weight excluding hydrogens is 274 g/mol. The number of hydrogen-bond acceptors (Lipinski definition) is 3. The van der Waals surface area contributed by atoms with Gasteiger partial charge in [-0.1, -0.05) is 18.7 Å². The van der Waals surface area contributed by atoms with Crippen molar-refractivity contribution >= 4 is 17.8 Å². The van der Waals surface area contributed by atoms with Gasteiger partial charge in [0.15, 0.2) is 0 Å². The third-order valence-electron chi connectivity index (χ3n) is 3.22. The van der Waals surface area contributed by atoms with Crippen LogP contribution >= 0.6 is 0 Å². The van der Waals surface area contributed by atoms with Crippen molar-refractivity contribution in [3.05, 3.63) is 38.1 Å². The number of carboxylic acids is 2. The van der Waals surface area contributed by atoms with E-state index in [4.69, 9.17) is 10.2 Å². The lowest BCUT2D eigenvalue weighted by Crippen LogP contribution is -2.29. The average molecular weight is 295 g/mol. The molecule has 6 heteroatoms. The van der Waals surface area contributed by atoms with Gasteiger partial charge in [-0.05, 0) is 19.5 Å². The van der Waals surface area contributed by atoms with Crippen LogP contribution in [-0.4, -0.2) is 39.5 Å². The van der Waals surface area contributed by atoms with Crippen LogP contribution in [0.5, 0.6) is 0 Å². The molecule has 1 aliphatic rings. The summed E-state index contributed by atoms with van der Waals surface area (Å²) in [5.41, 5.74) is 0. The Bertz CT molecular complexity index is 443. The van der Waals surface area contributed by atoms with Gasteiger partial charge < -0.3 is 15.1 Å². The van der Waals surface area contributed by atoms with E-state index in [2.05, 4.69) is 19.7 Å². The summed E-state index contributed by atoms with van der Waals surface area (Å²) in [6.45, 7) is 12.4. The molecule has 0 bridgehead atoms. The first kappa shape index (κ1) is 18.6. The molecule has 1 rings (SSSR count). The lowest BCUT2D eigenvalue weighted by molar-refractivity contribution is -0.145. The molecule has 1 aliphatic heterocycles. The van der Waals surface area contributed by atoms with Crippen molar-refractivity contribution in [2.24, 2.45) is 17.8 Å². The number of rotatable bonds is 6. The highest BCUT2D eigenvalue weighted by atomic mass is 16.4. The maximum Gasteiger partial charge on any atom is 0.311 e. The van der Waals surface area contributed by atoms with Gasteiger partial charge in [-0.15, -0.1) is 13.2 Å². The molecule has 0 aliphatic carbocycles. The zero-order valence-electron chi connectivity index (χ0n) is 12.1. The van der Waals surface area contributed by atoms with E-state index >= 15 is 0 Å². The molecule has 0 aromatic heterocycles. The van der Waals surface area contributed by atoms with Gasteiger partial charge in [-0.3, -0.25) is 14.4 Å². The van der Waals surface area contributed by atoms with Gasteiger partial charge >= 0.3 is 11.9 Å². The second kappa shape index (κ2) is 8.73. The highest BCUT2D eigenvalue weighted by Gasteiger charge is 2.38. The van der Waals surface area contributed by atoms with Crippen molar-refractivity contribution in [3.8, 4) is 0 Å². The smallest absolute Gasteiger partial charge is 0.311 e. The van der Waals surface area contributed by atoms with Gasteiger partial charge in [0.05, 0.1) is 17.8 Å². The van der Waals surface area contributed by atoms with Crippen LogP contribution in [0.4, 0.5) is 0 Å². The molecule has 1 heterocycles. The Balaban J connectivity index is 0.000000486. The number of aliphatic carboxylic acids is 2. The Morgan fingerprint density at radius 1 is 1.24 bits per heavy atom. The largest absolute Gasteiger partial charge is 0.481 e. The van der Waals surface area contributed by atoms with E-state index < -0.39 is 29.7 Å². The Labute approximate surface area is 124 Å². The summed E-state index contributed by atoms with van der Waals surface area (Å²) in [5.74, 6) is -3.68. The molecule has 0 radical (unpaired) electrons. The van der Waals surface area contributed by atoms with Crippen molar-refractivity contribution in [2.45, 2.75) is 13.3 Å². The van der Waals surface area contributed by atoms with E-state index in [1.165, 1.54) is 23.3 Å². The molecule has 6 nitrogen and oxygen atoms in total. The maximum absolute atomic E-state index is 11.6. The van der Waals surface area contributed by atoms with Crippen LogP contribution in [0, 0.1) is 17.8 Å². The normalized spacial score (nSPS) is 19.8. The van der Waals surface area contributed by atoms with Gasteiger partial charge in [-0.25, -0.2) is 0 Å². The molecular formula is C15H21NO5. The zero-order valence-corrected chi connectivity index (χ0v) is 12.1. The standard InChI is InChI=1S/C10H13NO3.C5H8O2/c1-3-7(10(13)14)8-5-6-11(4-2)9(8)12;1-3-4(2)5(6)7/h3-4,7-8H,1-2,5-6H2,(H,13,14);3-4H,1H2,2H3,(H,6,7). The summed E-state index contributed by atoms with van der Waals surface area (Å²) >= 11 is 0.